The van der Waals surface area contributed by atoms with Crippen LogP contribution in [0.1, 0.15) is 18.2 Å². The lowest BCUT2D eigenvalue weighted by Crippen LogP contribution is -2.56. The Morgan fingerprint density at radius 1 is 1.14 bits per heavy atom. The Balaban J connectivity index is 1.53. The molecule has 142 valence electrons. The minimum Gasteiger partial charge on any atom is -0.466 e. The molecule has 0 spiro atoms. The van der Waals surface area contributed by atoms with E-state index in [0.717, 1.165) is 16.9 Å². The average Bonchev–Trinajstić information content (AvgIpc) is 3.10. The molecule has 2 heterocycles. The summed E-state index contributed by atoms with van der Waals surface area (Å²) in [5.74, 6) is -0.585. The third-order valence-electron chi connectivity index (χ3n) is 4.68. The zero-order chi connectivity index (χ0) is 19.9. The van der Waals surface area contributed by atoms with E-state index in [0.29, 0.717) is 17.1 Å². The fourth-order valence-electron chi connectivity index (χ4n) is 2.99. The van der Waals surface area contributed by atoms with Crippen LogP contribution in [0.3, 0.4) is 0 Å². The number of aromatic nitrogens is 2. The highest BCUT2D eigenvalue weighted by Crippen LogP contribution is 2.34. The number of ether oxygens (including phenoxy) is 1. The molecular formula is C21H20N4O3. The number of nitrogens with one attached hydrogen (secondary N) is 2. The number of benzene rings is 2. The summed E-state index contributed by atoms with van der Waals surface area (Å²) < 4.78 is 7.53. The predicted molar refractivity (Wildman–Crippen MR) is 106 cm³/mol. The molecule has 4 rings (SSSR count). The summed E-state index contributed by atoms with van der Waals surface area (Å²) in [4.78, 5) is 25.4. The van der Waals surface area contributed by atoms with Crippen molar-refractivity contribution < 1.29 is 14.3 Å². The van der Waals surface area contributed by atoms with E-state index >= 15 is 0 Å². The largest absolute Gasteiger partial charge is 0.466 e. The van der Waals surface area contributed by atoms with Crippen LogP contribution in [-0.2, 0) is 9.59 Å². The van der Waals surface area contributed by atoms with Gasteiger partial charge < -0.3 is 15.4 Å². The van der Waals surface area contributed by atoms with Gasteiger partial charge in [0.15, 0.2) is 0 Å². The summed E-state index contributed by atoms with van der Waals surface area (Å²) in [5, 5.41) is 9.86. The van der Waals surface area contributed by atoms with Crippen molar-refractivity contribution >= 4 is 23.2 Å². The quantitative estimate of drug-likeness (QED) is 0.688. The van der Waals surface area contributed by atoms with Crippen LogP contribution in [0.25, 0.3) is 5.69 Å². The molecule has 2 amide bonds. The van der Waals surface area contributed by atoms with Gasteiger partial charge >= 0.3 is 0 Å². The van der Waals surface area contributed by atoms with Crippen LogP contribution in [0.5, 0.6) is 5.75 Å². The van der Waals surface area contributed by atoms with Crippen LogP contribution in [0.15, 0.2) is 54.7 Å². The van der Waals surface area contributed by atoms with Gasteiger partial charge in [-0.1, -0.05) is 6.07 Å². The molecule has 1 aliphatic heterocycles. The maximum Gasteiger partial charge on any atom is 0.278 e. The molecule has 7 nitrogen and oxygen atoms in total. The van der Waals surface area contributed by atoms with Crippen molar-refractivity contribution in [3.8, 4) is 11.4 Å². The Labute approximate surface area is 162 Å². The molecule has 0 aliphatic carbocycles. The van der Waals surface area contributed by atoms with E-state index in [2.05, 4.69) is 15.7 Å². The molecule has 3 aromatic rings. The lowest BCUT2D eigenvalue weighted by molar-refractivity contribution is -0.143. The number of fused-ring (bicyclic) bond motifs is 1. The summed E-state index contributed by atoms with van der Waals surface area (Å²) in [7, 11) is 0. The Kier molecular flexibility index (Phi) is 4.15. The summed E-state index contributed by atoms with van der Waals surface area (Å²) >= 11 is 0. The third-order valence-corrected chi connectivity index (χ3v) is 4.68. The van der Waals surface area contributed by atoms with Crippen LogP contribution in [0.4, 0.5) is 11.4 Å². The first kappa shape index (κ1) is 17.8. The van der Waals surface area contributed by atoms with Crippen LogP contribution in [0, 0.1) is 13.8 Å². The number of carbonyl (C=O) groups excluding carboxylic acids is 2. The minimum absolute atomic E-state index is 0.465. The molecule has 7 heteroatoms. The highest BCUT2D eigenvalue weighted by molar-refractivity contribution is 6.19. The number of nitrogens with zero attached hydrogens (tertiary/aromatic N) is 2. The normalized spacial score (nSPS) is 18.0. The number of aryl methyl sites for hydroxylation is 2. The average molecular weight is 376 g/mol. The van der Waals surface area contributed by atoms with Gasteiger partial charge in [0.05, 0.1) is 17.1 Å². The second-order valence-electron chi connectivity index (χ2n) is 6.99. The summed E-state index contributed by atoms with van der Waals surface area (Å²) in [6.45, 7) is 5.29. The molecule has 0 saturated carbocycles. The SMILES string of the molecule is Cc1ccc2c(c1)NC(=O)C(C)(C(=O)Nc1ccc(-n3ccc(C)n3)cc1)O2. The van der Waals surface area contributed by atoms with Gasteiger partial charge in [0.1, 0.15) is 5.75 Å². The molecule has 0 radical (unpaired) electrons. The van der Waals surface area contributed by atoms with Gasteiger partial charge in [-0.15, -0.1) is 0 Å². The lowest BCUT2D eigenvalue weighted by Gasteiger charge is -2.33. The number of anilines is 2. The Morgan fingerprint density at radius 2 is 1.89 bits per heavy atom. The monoisotopic (exact) mass is 376 g/mol. The van der Waals surface area contributed by atoms with Crippen molar-refractivity contribution in [3.05, 3.63) is 66.0 Å². The fraction of sp³-hybridized carbons (Fsp3) is 0.190. The standard InChI is InChI=1S/C21H20N4O3/c1-13-4-9-18-17(12-13)23-20(27)21(3,28-18)19(26)22-15-5-7-16(8-6-15)25-11-10-14(2)24-25/h4-12H,1-3H3,(H,22,26)(H,23,27). The number of rotatable bonds is 3. The summed E-state index contributed by atoms with van der Waals surface area (Å²) in [5.41, 5.74) is 2.23. The maximum atomic E-state index is 12.8. The van der Waals surface area contributed by atoms with E-state index in [1.54, 1.807) is 28.9 Å². The topological polar surface area (TPSA) is 85.3 Å². The van der Waals surface area contributed by atoms with Crippen LogP contribution in [0.2, 0.25) is 0 Å². The third kappa shape index (κ3) is 3.11. The Morgan fingerprint density at radius 3 is 2.57 bits per heavy atom. The van der Waals surface area contributed by atoms with Gasteiger partial charge in [-0.25, -0.2) is 4.68 Å². The van der Waals surface area contributed by atoms with E-state index < -0.39 is 17.4 Å². The van der Waals surface area contributed by atoms with Crippen molar-refractivity contribution in [2.45, 2.75) is 26.4 Å². The van der Waals surface area contributed by atoms with Crippen molar-refractivity contribution in [1.82, 2.24) is 9.78 Å². The van der Waals surface area contributed by atoms with Crippen molar-refractivity contribution in [2.75, 3.05) is 10.6 Å². The molecule has 0 fully saturated rings. The van der Waals surface area contributed by atoms with E-state index in [1.807, 2.05) is 44.3 Å². The predicted octanol–water partition coefficient (Wildman–Crippen LogP) is 3.22. The Bertz CT molecular complexity index is 1070. The van der Waals surface area contributed by atoms with Crippen molar-refractivity contribution in [2.24, 2.45) is 0 Å². The van der Waals surface area contributed by atoms with Crippen LogP contribution in [-0.4, -0.2) is 27.2 Å². The van der Waals surface area contributed by atoms with Gasteiger partial charge in [-0.2, -0.15) is 5.10 Å². The van der Waals surface area contributed by atoms with Crippen molar-refractivity contribution in [3.63, 3.8) is 0 Å². The number of hydrogen-bond acceptors (Lipinski definition) is 4. The van der Waals surface area contributed by atoms with E-state index in [-0.39, 0.29) is 0 Å². The minimum atomic E-state index is -1.67. The fourth-order valence-corrected chi connectivity index (χ4v) is 2.99. The molecule has 28 heavy (non-hydrogen) atoms. The molecule has 2 N–H and O–H groups in total. The molecular weight excluding hydrogens is 356 g/mol. The highest BCUT2D eigenvalue weighted by atomic mass is 16.5. The first-order valence-electron chi connectivity index (χ1n) is 8.90. The molecule has 0 bridgehead atoms. The second-order valence-corrected chi connectivity index (χ2v) is 6.99. The van der Waals surface area contributed by atoms with E-state index in [1.165, 1.54) is 6.92 Å². The molecule has 1 aromatic heterocycles. The maximum absolute atomic E-state index is 12.8. The van der Waals surface area contributed by atoms with Gasteiger partial charge in [0.2, 0.25) is 0 Å². The molecule has 1 aliphatic rings. The van der Waals surface area contributed by atoms with Crippen molar-refractivity contribution in [1.29, 1.82) is 0 Å². The van der Waals surface area contributed by atoms with Crippen LogP contribution >= 0.6 is 0 Å². The zero-order valence-corrected chi connectivity index (χ0v) is 15.8. The molecule has 0 saturated heterocycles. The van der Waals surface area contributed by atoms with Crippen LogP contribution < -0.4 is 15.4 Å². The lowest BCUT2D eigenvalue weighted by atomic mass is 10.0. The number of carbonyl (C=O) groups is 2. The Hall–Kier alpha value is -3.61. The first-order chi connectivity index (χ1) is 13.3. The summed E-state index contributed by atoms with van der Waals surface area (Å²) in [6, 6.07) is 14.5. The molecule has 1 unspecified atom stereocenters. The van der Waals surface area contributed by atoms with Gasteiger partial charge in [0.25, 0.3) is 17.4 Å². The summed E-state index contributed by atoms with van der Waals surface area (Å²) in [6.07, 6.45) is 1.86. The number of amides is 2. The number of hydrogen-bond donors (Lipinski definition) is 2. The first-order valence-corrected chi connectivity index (χ1v) is 8.90. The van der Waals surface area contributed by atoms with Gasteiger partial charge in [-0.3, -0.25) is 9.59 Å². The van der Waals surface area contributed by atoms with E-state index in [9.17, 15) is 9.59 Å². The molecule has 2 aromatic carbocycles. The van der Waals surface area contributed by atoms with Gasteiger partial charge in [0, 0.05) is 11.9 Å². The van der Waals surface area contributed by atoms with E-state index in [4.69, 9.17) is 4.74 Å². The second kappa shape index (κ2) is 6.53. The smallest absolute Gasteiger partial charge is 0.278 e. The zero-order valence-electron chi connectivity index (χ0n) is 15.8. The molecule has 1 atom stereocenters. The van der Waals surface area contributed by atoms with Gasteiger partial charge in [-0.05, 0) is 68.8 Å². The highest BCUT2D eigenvalue weighted by Gasteiger charge is 2.47.